The molecule has 3 heterocycles. The Hall–Kier alpha value is -8.34. The molecule has 0 atom stereocenters. The Kier molecular flexibility index (Phi) is 8.34. The smallest absolute Gasteiger partial charge is 0.197 e. The summed E-state index contributed by atoms with van der Waals surface area (Å²) in [6.07, 6.45) is 0. The average Bonchev–Trinajstić information content (AvgIpc) is 3.88. The number of fused-ring (bicyclic) bond motifs is 10. The first kappa shape index (κ1) is 38.9. The standard InChI is InChI=1S/C64H44BN2O/c1-63(2)48-29-14-12-26-44(48)45-28-18-33-52(60(45)63)66-53-38-41(40-20-6-3-7-21-40)36-37-46(53)59-58-47-27-13-17-35-56(47)68-57(58)39-55-61(59)65-51-32-19-31-50-62(51)67(55)54-34-16-15-30-49(54)64(50,42-22-8-4-9-23-42)43-24-10-5-11-25-43/h3-39,66H,1-2H3. The SMILES string of the molecule is CC1(C)c2ccccc2-c2cccc(Nc3cc(-c4ccccc4)ccc3-c3c4c(cc5oc6ccccc6c35)N3c5ccccc5C(c5ccccc5)(c5ccccc5)c5cccc(c53)[B]4)c21. The fourth-order valence-electron chi connectivity index (χ4n) is 12.3. The van der Waals surface area contributed by atoms with Crippen LogP contribution in [0.3, 0.4) is 0 Å². The zero-order chi connectivity index (χ0) is 45.1. The third-order valence-corrected chi connectivity index (χ3v) is 15.1. The van der Waals surface area contributed by atoms with Crippen molar-refractivity contribution in [3.05, 3.63) is 258 Å². The molecule has 319 valence electrons. The minimum absolute atomic E-state index is 0.210. The fraction of sp³-hybridized carbons (Fsp3) is 0.0625. The first-order chi connectivity index (χ1) is 33.5. The number of nitrogens with zero attached hydrogens (tertiary/aromatic N) is 1. The molecule has 3 nitrogen and oxygen atoms in total. The van der Waals surface area contributed by atoms with Gasteiger partial charge in [-0.2, -0.15) is 0 Å². The van der Waals surface area contributed by atoms with Gasteiger partial charge in [0.1, 0.15) is 11.2 Å². The Morgan fingerprint density at radius 1 is 0.471 bits per heavy atom. The molecule has 68 heavy (non-hydrogen) atoms. The second kappa shape index (κ2) is 14.6. The van der Waals surface area contributed by atoms with Crippen molar-refractivity contribution in [2.75, 3.05) is 10.2 Å². The number of furan rings is 1. The lowest BCUT2D eigenvalue weighted by molar-refractivity contribution is 0.662. The molecule has 1 N–H and O–H groups in total. The van der Waals surface area contributed by atoms with Gasteiger partial charge in [-0.1, -0.05) is 213 Å². The number of anilines is 5. The zero-order valence-corrected chi connectivity index (χ0v) is 37.8. The van der Waals surface area contributed by atoms with Crippen LogP contribution in [0.15, 0.2) is 229 Å². The molecule has 0 unspecified atom stereocenters. The van der Waals surface area contributed by atoms with Crippen molar-refractivity contribution < 1.29 is 4.42 Å². The Balaban J connectivity index is 1.06. The molecule has 0 saturated carbocycles. The summed E-state index contributed by atoms with van der Waals surface area (Å²) in [5.74, 6) is 0. The average molecular weight is 868 g/mol. The minimum atomic E-state index is -0.577. The van der Waals surface area contributed by atoms with Crippen LogP contribution in [0.2, 0.25) is 0 Å². The van der Waals surface area contributed by atoms with Gasteiger partial charge in [0.15, 0.2) is 7.28 Å². The number of hydrogen-bond donors (Lipinski definition) is 1. The maximum Gasteiger partial charge on any atom is 0.197 e. The lowest BCUT2D eigenvalue weighted by Gasteiger charge is -2.49. The molecule has 1 aliphatic carbocycles. The van der Waals surface area contributed by atoms with Gasteiger partial charge in [0.25, 0.3) is 0 Å². The number of hydrogen-bond acceptors (Lipinski definition) is 3. The van der Waals surface area contributed by atoms with E-state index >= 15 is 0 Å². The summed E-state index contributed by atoms with van der Waals surface area (Å²) in [6.45, 7) is 4.72. The summed E-state index contributed by atoms with van der Waals surface area (Å²) >= 11 is 0. The van der Waals surface area contributed by atoms with E-state index in [0.717, 1.165) is 66.8 Å². The van der Waals surface area contributed by atoms with Gasteiger partial charge in [-0.15, -0.1) is 0 Å². The van der Waals surface area contributed by atoms with Crippen molar-refractivity contribution in [1.29, 1.82) is 0 Å². The normalized spacial score (nSPS) is 14.4. The molecular weight excluding hydrogens is 824 g/mol. The largest absolute Gasteiger partial charge is 0.456 e. The Morgan fingerprint density at radius 3 is 1.91 bits per heavy atom. The monoisotopic (exact) mass is 867 g/mol. The van der Waals surface area contributed by atoms with E-state index in [1.807, 2.05) is 0 Å². The predicted molar refractivity (Wildman–Crippen MR) is 283 cm³/mol. The van der Waals surface area contributed by atoms with Crippen molar-refractivity contribution in [3.8, 4) is 33.4 Å². The van der Waals surface area contributed by atoms with Crippen molar-refractivity contribution in [2.45, 2.75) is 24.7 Å². The molecule has 3 aliphatic rings. The molecular formula is C64H44BN2O. The first-order valence-corrected chi connectivity index (χ1v) is 23.7. The lowest BCUT2D eigenvalue weighted by atomic mass is 9.54. The van der Waals surface area contributed by atoms with E-state index in [1.54, 1.807) is 0 Å². The Morgan fingerprint density at radius 2 is 1.12 bits per heavy atom. The number of rotatable bonds is 6. The summed E-state index contributed by atoms with van der Waals surface area (Å²) in [5.41, 5.74) is 23.6. The second-order valence-corrected chi connectivity index (χ2v) is 19.0. The van der Waals surface area contributed by atoms with Crippen molar-refractivity contribution in [3.63, 3.8) is 0 Å². The third kappa shape index (κ3) is 5.37. The predicted octanol–water partition coefficient (Wildman–Crippen LogP) is 15.1. The summed E-state index contributed by atoms with van der Waals surface area (Å²) < 4.78 is 6.99. The van der Waals surface area contributed by atoms with Gasteiger partial charge in [-0.25, -0.2) is 0 Å². The highest BCUT2D eigenvalue weighted by Crippen LogP contribution is 2.59. The molecule has 0 fully saturated rings. The summed E-state index contributed by atoms with van der Waals surface area (Å²) in [4.78, 5) is 2.53. The topological polar surface area (TPSA) is 28.4 Å². The van der Waals surface area contributed by atoms with E-state index in [-0.39, 0.29) is 5.41 Å². The molecule has 2 aliphatic heterocycles. The molecule has 14 rings (SSSR count). The molecule has 1 aromatic heterocycles. The lowest BCUT2D eigenvalue weighted by Crippen LogP contribution is -2.47. The van der Waals surface area contributed by atoms with Gasteiger partial charge < -0.3 is 14.6 Å². The van der Waals surface area contributed by atoms with Crippen LogP contribution in [-0.4, -0.2) is 7.28 Å². The van der Waals surface area contributed by atoms with Crippen LogP contribution in [0.5, 0.6) is 0 Å². The second-order valence-electron chi connectivity index (χ2n) is 19.0. The highest BCUT2D eigenvalue weighted by Gasteiger charge is 2.49. The van der Waals surface area contributed by atoms with Gasteiger partial charge in [0.2, 0.25) is 0 Å². The van der Waals surface area contributed by atoms with Gasteiger partial charge in [-0.05, 0) is 90.9 Å². The van der Waals surface area contributed by atoms with Crippen LogP contribution in [0.4, 0.5) is 28.4 Å². The third-order valence-electron chi connectivity index (χ3n) is 15.1. The molecule has 0 bridgehead atoms. The van der Waals surface area contributed by atoms with Gasteiger partial charge in [0.05, 0.1) is 11.1 Å². The van der Waals surface area contributed by atoms with E-state index in [1.165, 1.54) is 61.2 Å². The zero-order valence-electron chi connectivity index (χ0n) is 37.8. The number of benzene rings is 10. The van der Waals surface area contributed by atoms with E-state index < -0.39 is 5.41 Å². The Bertz CT molecular complexity index is 3800. The summed E-state index contributed by atoms with van der Waals surface area (Å²) in [6, 6.07) is 82.2. The maximum absolute atomic E-state index is 6.99. The van der Waals surface area contributed by atoms with Crippen molar-refractivity contribution in [2.24, 2.45) is 0 Å². The van der Waals surface area contributed by atoms with E-state index in [9.17, 15) is 0 Å². The highest BCUT2D eigenvalue weighted by atomic mass is 16.3. The van der Waals surface area contributed by atoms with Crippen molar-refractivity contribution in [1.82, 2.24) is 0 Å². The van der Waals surface area contributed by atoms with Crippen LogP contribution in [0.25, 0.3) is 55.3 Å². The maximum atomic E-state index is 6.99. The van der Waals surface area contributed by atoms with E-state index in [0.29, 0.717) is 0 Å². The van der Waals surface area contributed by atoms with Gasteiger partial charge in [0, 0.05) is 50.6 Å². The highest BCUT2D eigenvalue weighted by molar-refractivity contribution is 6.74. The molecule has 11 aromatic rings. The molecule has 4 heteroatoms. The minimum Gasteiger partial charge on any atom is -0.456 e. The van der Waals surface area contributed by atoms with E-state index in [2.05, 4.69) is 256 Å². The first-order valence-electron chi connectivity index (χ1n) is 23.7. The van der Waals surface area contributed by atoms with Gasteiger partial charge in [-0.3, -0.25) is 0 Å². The van der Waals surface area contributed by atoms with Crippen LogP contribution >= 0.6 is 0 Å². The fourth-order valence-corrected chi connectivity index (χ4v) is 12.3. The molecule has 0 amide bonds. The van der Waals surface area contributed by atoms with Gasteiger partial charge >= 0.3 is 0 Å². The quantitative estimate of drug-likeness (QED) is 0.169. The molecule has 0 spiro atoms. The number of nitrogens with one attached hydrogen (secondary N) is 1. The molecule has 0 saturated heterocycles. The summed E-state index contributed by atoms with van der Waals surface area (Å²) in [5, 5.41) is 6.35. The van der Waals surface area contributed by atoms with Crippen LogP contribution in [0, 0.1) is 0 Å². The molecule has 1 radical (unpaired) electrons. The van der Waals surface area contributed by atoms with Crippen LogP contribution < -0.4 is 21.1 Å². The Labute approximate surface area is 397 Å². The van der Waals surface area contributed by atoms with E-state index in [4.69, 9.17) is 4.42 Å². The van der Waals surface area contributed by atoms with Crippen molar-refractivity contribution >= 4 is 68.6 Å². The van der Waals surface area contributed by atoms with Crippen LogP contribution in [0.1, 0.15) is 47.2 Å². The van der Waals surface area contributed by atoms with Crippen LogP contribution in [-0.2, 0) is 10.8 Å². The number of para-hydroxylation sites is 3. The summed E-state index contributed by atoms with van der Waals surface area (Å²) in [7, 11) is 2.45. The molecule has 10 aromatic carbocycles.